The van der Waals surface area contributed by atoms with Crippen LogP contribution < -0.4 is 0 Å². The zero-order valence-corrected chi connectivity index (χ0v) is 10.2. The van der Waals surface area contributed by atoms with Crippen molar-refractivity contribution in [1.29, 1.82) is 0 Å². The Hall–Kier alpha value is -1.58. The van der Waals surface area contributed by atoms with Gasteiger partial charge < -0.3 is 0 Å². The molecule has 0 saturated heterocycles. The van der Waals surface area contributed by atoms with Crippen molar-refractivity contribution in [3.63, 3.8) is 0 Å². The molecule has 0 N–H and O–H groups in total. The molecule has 0 amide bonds. The average Bonchev–Trinajstić information content (AvgIpc) is 2.25. The van der Waals surface area contributed by atoms with Gasteiger partial charge in [0.2, 0.25) is 0 Å². The summed E-state index contributed by atoms with van der Waals surface area (Å²) in [5.41, 5.74) is 0.847. The Kier molecular flexibility index (Phi) is 6.92. The van der Waals surface area contributed by atoms with Crippen LogP contribution in [0.1, 0.15) is 40.5 Å². The molecule has 0 fully saturated rings. The second kappa shape index (κ2) is 7.68. The van der Waals surface area contributed by atoms with Crippen LogP contribution in [0.2, 0.25) is 0 Å². The predicted octanol–water partition coefficient (Wildman–Crippen LogP) is 2.70. The van der Waals surface area contributed by atoms with E-state index >= 15 is 0 Å². The molecule has 0 unspecified atom stereocenters. The Bertz CT molecular complexity index is 281. The van der Waals surface area contributed by atoms with Gasteiger partial charge in [-0.3, -0.25) is 0 Å². The van der Waals surface area contributed by atoms with E-state index in [0.717, 1.165) is 12.8 Å². The molecule has 0 spiro atoms. The number of carbonyl (C=O) groups excluding carboxylic acids is 2. The van der Waals surface area contributed by atoms with E-state index in [1.807, 2.05) is 13.8 Å². The first-order valence-electron chi connectivity index (χ1n) is 5.29. The van der Waals surface area contributed by atoms with Crippen LogP contribution in [0.25, 0.3) is 0 Å². The Morgan fingerprint density at radius 2 is 1.19 bits per heavy atom. The molecule has 0 aliphatic rings. The standard InChI is InChI=1S/C12H18O4/c1-5-7-9(3)11(13)15-16-12(14)10(4)8-6-2/h7-8H,5-6H2,1-4H3. The zero-order chi connectivity index (χ0) is 12.6. The highest BCUT2D eigenvalue weighted by Gasteiger charge is 2.12. The molecule has 0 aliphatic heterocycles. The van der Waals surface area contributed by atoms with Gasteiger partial charge >= 0.3 is 11.9 Å². The summed E-state index contributed by atoms with van der Waals surface area (Å²) in [6.07, 6.45) is 4.85. The van der Waals surface area contributed by atoms with Crippen LogP contribution in [0.15, 0.2) is 23.3 Å². The van der Waals surface area contributed by atoms with Crippen LogP contribution in [0.5, 0.6) is 0 Å². The largest absolute Gasteiger partial charge is 0.381 e. The minimum absolute atomic E-state index is 0.424. The maximum atomic E-state index is 11.2. The summed E-state index contributed by atoms with van der Waals surface area (Å²) in [5.74, 6) is -1.28. The average molecular weight is 226 g/mol. The van der Waals surface area contributed by atoms with Crippen molar-refractivity contribution in [3.05, 3.63) is 23.3 Å². The Morgan fingerprint density at radius 1 is 0.875 bits per heavy atom. The summed E-state index contributed by atoms with van der Waals surface area (Å²) < 4.78 is 0. The van der Waals surface area contributed by atoms with Crippen LogP contribution in [0.4, 0.5) is 0 Å². The second-order valence-corrected chi connectivity index (χ2v) is 3.33. The fraction of sp³-hybridized carbons (Fsp3) is 0.500. The maximum Gasteiger partial charge on any atom is 0.381 e. The molecular weight excluding hydrogens is 208 g/mol. The van der Waals surface area contributed by atoms with E-state index in [-0.39, 0.29) is 0 Å². The van der Waals surface area contributed by atoms with E-state index in [4.69, 9.17) is 0 Å². The fourth-order valence-electron chi connectivity index (χ4n) is 0.986. The molecule has 0 saturated carbocycles. The fourth-order valence-corrected chi connectivity index (χ4v) is 0.986. The summed E-state index contributed by atoms with van der Waals surface area (Å²) in [6, 6.07) is 0. The summed E-state index contributed by atoms with van der Waals surface area (Å²) in [4.78, 5) is 31.2. The van der Waals surface area contributed by atoms with Crippen molar-refractivity contribution < 1.29 is 19.4 Å². The van der Waals surface area contributed by atoms with Gasteiger partial charge in [0.25, 0.3) is 0 Å². The molecule has 0 heterocycles. The lowest BCUT2D eigenvalue weighted by Gasteiger charge is -2.03. The number of hydrogen-bond acceptors (Lipinski definition) is 4. The van der Waals surface area contributed by atoms with Crippen molar-refractivity contribution in [1.82, 2.24) is 0 Å². The van der Waals surface area contributed by atoms with Gasteiger partial charge in [-0.15, -0.1) is 0 Å². The summed E-state index contributed by atoms with van der Waals surface area (Å²) in [7, 11) is 0. The van der Waals surface area contributed by atoms with E-state index in [9.17, 15) is 9.59 Å². The van der Waals surface area contributed by atoms with Gasteiger partial charge in [-0.25, -0.2) is 19.4 Å². The molecule has 0 aliphatic carbocycles. The number of allylic oxidation sites excluding steroid dienone is 2. The third-order valence-electron chi connectivity index (χ3n) is 1.86. The summed E-state index contributed by atoms with van der Waals surface area (Å²) in [6.45, 7) is 7.01. The molecule has 4 nitrogen and oxygen atoms in total. The molecule has 0 radical (unpaired) electrons. The number of carbonyl (C=O) groups is 2. The van der Waals surface area contributed by atoms with Crippen molar-refractivity contribution in [2.75, 3.05) is 0 Å². The van der Waals surface area contributed by atoms with Gasteiger partial charge in [-0.05, 0) is 26.7 Å². The maximum absolute atomic E-state index is 11.2. The Morgan fingerprint density at radius 3 is 1.44 bits per heavy atom. The van der Waals surface area contributed by atoms with E-state index in [1.54, 1.807) is 26.0 Å². The van der Waals surface area contributed by atoms with E-state index in [0.29, 0.717) is 11.1 Å². The van der Waals surface area contributed by atoms with Crippen LogP contribution in [-0.4, -0.2) is 11.9 Å². The van der Waals surface area contributed by atoms with Crippen LogP contribution in [0.3, 0.4) is 0 Å². The van der Waals surface area contributed by atoms with Crippen LogP contribution in [0, 0.1) is 0 Å². The highest BCUT2D eigenvalue weighted by Crippen LogP contribution is 2.03. The smallest absolute Gasteiger partial charge is 0.242 e. The lowest BCUT2D eigenvalue weighted by atomic mass is 10.2. The van der Waals surface area contributed by atoms with E-state index in [1.165, 1.54) is 0 Å². The molecule has 0 aromatic rings. The molecule has 0 atom stereocenters. The first-order chi connectivity index (χ1) is 7.52. The lowest BCUT2D eigenvalue weighted by Crippen LogP contribution is -2.12. The topological polar surface area (TPSA) is 52.6 Å². The molecule has 0 rings (SSSR count). The zero-order valence-electron chi connectivity index (χ0n) is 10.2. The van der Waals surface area contributed by atoms with Crippen LogP contribution in [-0.2, 0) is 19.4 Å². The second-order valence-electron chi connectivity index (χ2n) is 3.33. The number of hydrogen-bond donors (Lipinski definition) is 0. The van der Waals surface area contributed by atoms with Gasteiger partial charge in [0.1, 0.15) is 0 Å². The summed E-state index contributed by atoms with van der Waals surface area (Å²) in [5, 5.41) is 0. The van der Waals surface area contributed by atoms with Crippen molar-refractivity contribution >= 4 is 11.9 Å². The highest BCUT2D eigenvalue weighted by atomic mass is 17.2. The van der Waals surface area contributed by atoms with Gasteiger partial charge in [0.05, 0.1) is 0 Å². The lowest BCUT2D eigenvalue weighted by molar-refractivity contribution is -0.252. The van der Waals surface area contributed by atoms with Crippen molar-refractivity contribution in [3.8, 4) is 0 Å². The SMILES string of the molecule is CCC=C(C)C(=O)OOC(=O)C(C)=CCC. The van der Waals surface area contributed by atoms with Crippen molar-refractivity contribution in [2.45, 2.75) is 40.5 Å². The molecule has 0 bridgehead atoms. The van der Waals surface area contributed by atoms with Crippen LogP contribution >= 0.6 is 0 Å². The molecule has 0 aromatic heterocycles. The minimum atomic E-state index is -0.639. The molecular formula is C12H18O4. The Labute approximate surface area is 95.9 Å². The molecule has 90 valence electrons. The Balaban J connectivity index is 4.17. The highest BCUT2D eigenvalue weighted by molar-refractivity contribution is 5.90. The van der Waals surface area contributed by atoms with E-state index < -0.39 is 11.9 Å². The van der Waals surface area contributed by atoms with Gasteiger partial charge in [0.15, 0.2) is 0 Å². The third-order valence-corrected chi connectivity index (χ3v) is 1.86. The normalized spacial score (nSPS) is 12.2. The van der Waals surface area contributed by atoms with Gasteiger partial charge in [0, 0.05) is 11.1 Å². The monoisotopic (exact) mass is 226 g/mol. The first kappa shape index (κ1) is 14.4. The quantitative estimate of drug-likeness (QED) is 0.420. The van der Waals surface area contributed by atoms with Crippen molar-refractivity contribution in [2.24, 2.45) is 0 Å². The van der Waals surface area contributed by atoms with E-state index in [2.05, 4.69) is 9.78 Å². The molecule has 4 heteroatoms. The molecule has 16 heavy (non-hydrogen) atoms. The first-order valence-corrected chi connectivity index (χ1v) is 5.29. The summed E-state index contributed by atoms with van der Waals surface area (Å²) >= 11 is 0. The predicted molar refractivity (Wildman–Crippen MR) is 60.3 cm³/mol. The van der Waals surface area contributed by atoms with Gasteiger partial charge in [-0.2, -0.15) is 0 Å². The third kappa shape index (κ3) is 5.34. The number of rotatable bonds is 4. The van der Waals surface area contributed by atoms with Gasteiger partial charge in [-0.1, -0.05) is 26.0 Å². The molecule has 0 aromatic carbocycles. The minimum Gasteiger partial charge on any atom is -0.242 e.